The van der Waals surface area contributed by atoms with Crippen LogP contribution in [-0.2, 0) is 0 Å². The van der Waals surface area contributed by atoms with Gasteiger partial charge in [0.1, 0.15) is 5.75 Å². The van der Waals surface area contributed by atoms with Gasteiger partial charge in [-0.15, -0.1) is 0 Å². The van der Waals surface area contributed by atoms with Crippen molar-refractivity contribution in [1.29, 1.82) is 0 Å². The van der Waals surface area contributed by atoms with E-state index in [9.17, 15) is 5.11 Å². The molecule has 1 aromatic rings. The molecule has 0 spiro atoms. The lowest BCUT2D eigenvalue weighted by atomic mass is 9.92. The van der Waals surface area contributed by atoms with Gasteiger partial charge in [0, 0.05) is 6.54 Å². The summed E-state index contributed by atoms with van der Waals surface area (Å²) in [5, 5.41) is 12.9. The molecule has 1 aliphatic heterocycles. The molecule has 1 aliphatic rings. The molecule has 2 N–H and O–H groups in total. The van der Waals surface area contributed by atoms with Crippen molar-refractivity contribution in [3.63, 3.8) is 0 Å². The summed E-state index contributed by atoms with van der Waals surface area (Å²) in [4.78, 5) is 0. The highest BCUT2D eigenvalue weighted by molar-refractivity contribution is 9.10. The van der Waals surface area contributed by atoms with Gasteiger partial charge in [-0.3, -0.25) is 0 Å². The van der Waals surface area contributed by atoms with E-state index in [1.807, 2.05) is 12.1 Å². The topological polar surface area (TPSA) is 32.3 Å². The average Bonchev–Trinajstić information content (AvgIpc) is 2.23. The van der Waals surface area contributed by atoms with Gasteiger partial charge in [0.15, 0.2) is 0 Å². The normalized spacial score (nSPS) is 22.2. The second-order valence-corrected chi connectivity index (χ2v) is 4.61. The maximum Gasteiger partial charge on any atom is 0.130 e. The lowest BCUT2D eigenvalue weighted by Gasteiger charge is -2.23. The predicted molar refractivity (Wildman–Crippen MR) is 60.7 cm³/mol. The fraction of sp³-hybridized carbons (Fsp3) is 0.455. The van der Waals surface area contributed by atoms with Crippen molar-refractivity contribution >= 4 is 15.9 Å². The Morgan fingerprint density at radius 2 is 2.29 bits per heavy atom. The predicted octanol–water partition coefficient (Wildman–Crippen LogP) is 2.62. The lowest BCUT2D eigenvalue weighted by Crippen LogP contribution is -2.28. The van der Waals surface area contributed by atoms with Crippen molar-refractivity contribution in [3.05, 3.63) is 28.2 Å². The molecule has 0 radical (unpaired) electrons. The van der Waals surface area contributed by atoms with Crippen molar-refractivity contribution in [2.75, 3.05) is 13.1 Å². The smallest absolute Gasteiger partial charge is 0.130 e. The van der Waals surface area contributed by atoms with Gasteiger partial charge in [0.25, 0.3) is 0 Å². The molecule has 1 fully saturated rings. The number of halogens is 1. The zero-order valence-corrected chi connectivity index (χ0v) is 9.55. The van der Waals surface area contributed by atoms with E-state index in [1.54, 1.807) is 0 Å². The van der Waals surface area contributed by atoms with Crippen LogP contribution in [0.3, 0.4) is 0 Å². The fourth-order valence-corrected chi connectivity index (χ4v) is 2.17. The molecule has 1 atom stereocenters. The molecule has 1 unspecified atom stereocenters. The van der Waals surface area contributed by atoms with Crippen molar-refractivity contribution in [1.82, 2.24) is 5.32 Å². The third-order valence-corrected chi connectivity index (χ3v) is 3.41. The van der Waals surface area contributed by atoms with Crippen LogP contribution in [0.1, 0.15) is 24.3 Å². The first kappa shape index (κ1) is 9.99. The molecule has 0 saturated carbocycles. The van der Waals surface area contributed by atoms with Gasteiger partial charge < -0.3 is 10.4 Å². The molecular weight excluding hydrogens is 242 g/mol. The molecule has 0 amide bonds. The number of benzene rings is 1. The van der Waals surface area contributed by atoms with Crippen LogP contribution in [-0.4, -0.2) is 18.2 Å². The summed E-state index contributed by atoms with van der Waals surface area (Å²) in [6.45, 7) is 2.15. The van der Waals surface area contributed by atoms with Gasteiger partial charge in [0.05, 0.1) is 4.47 Å². The molecule has 1 aromatic carbocycles. The van der Waals surface area contributed by atoms with E-state index < -0.39 is 0 Å². The van der Waals surface area contributed by atoms with Crippen molar-refractivity contribution in [2.24, 2.45) is 0 Å². The van der Waals surface area contributed by atoms with Gasteiger partial charge in [-0.05, 0) is 58.9 Å². The molecule has 2 nitrogen and oxygen atoms in total. The van der Waals surface area contributed by atoms with Crippen LogP contribution in [0, 0.1) is 0 Å². The van der Waals surface area contributed by atoms with E-state index in [-0.39, 0.29) is 0 Å². The van der Waals surface area contributed by atoms with E-state index >= 15 is 0 Å². The number of hydrogen-bond donors (Lipinski definition) is 2. The Balaban J connectivity index is 2.18. The molecule has 0 aliphatic carbocycles. The SMILES string of the molecule is Oc1cc(C2CCCNC2)ccc1Br. The van der Waals surface area contributed by atoms with Gasteiger partial charge in [-0.1, -0.05) is 6.07 Å². The largest absolute Gasteiger partial charge is 0.507 e. The number of phenols is 1. The van der Waals surface area contributed by atoms with E-state index in [1.165, 1.54) is 18.4 Å². The van der Waals surface area contributed by atoms with Crippen molar-refractivity contribution in [2.45, 2.75) is 18.8 Å². The zero-order chi connectivity index (χ0) is 9.97. The van der Waals surface area contributed by atoms with Crippen LogP contribution < -0.4 is 5.32 Å². The first-order chi connectivity index (χ1) is 6.77. The van der Waals surface area contributed by atoms with E-state index in [4.69, 9.17) is 0 Å². The lowest BCUT2D eigenvalue weighted by molar-refractivity contribution is 0.451. The van der Waals surface area contributed by atoms with Gasteiger partial charge in [-0.2, -0.15) is 0 Å². The maximum absolute atomic E-state index is 9.56. The number of rotatable bonds is 1. The number of phenolic OH excluding ortho intramolecular Hbond substituents is 1. The molecule has 0 aromatic heterocycles. The summed E-state index contributed by atoms with van der Waals surface area (Å²) in [5.74, 6) is 0.899. The van der Waals surface area contributed by atoms with E-state index in [0.717, 1.165) is 17.6 Å². The van der Waals surface area contributed by atoms with Gasteiger partial charge in [0.2, 0.25) is 0 Å². The van der Waals surface area contributed by atoms with Gasteiger partial charge >= 0.3 is 0 Å². The monoisotopic (exact) mass is 255 g/mol. The van der Waals surface area contributed by atoms with Crippen LogP contribution in [0.4, 0.5) is 0 Å². The highest BCUT2D eigenvalue weighted by atomic mass is 79.9. The fourth-order valence-electron chi connectivity index (χ4n) is 1.92. The first-order valence-electron chi connectivity index (χ1n) is 4.96. The number of piperidine rings is 1. The number of hydrogen-bond acceptors (Lipinski definition) is 2. The third-order valence-electron chi connectivity index (χ3n) is 2.74. The Hall–Kier alpha value is -0.540. The van der Waals surface area contributed by atoms with Crippen LogP contribution in [0.2, 0.25) is 0 Å². The summed E-state index contributed by atoms with van der Waals surface area (Å²) >= 11 is 3.29. The molecule has 76 valence electrons. The summed E-state index contributed by atoms with van der Waals surface area (Å²) in [7, 11) is 0. The Labute approximate surface area is 92.5 Å². The summed E-state index contributed by atoms with van der Waals surface area (Å²) in [6.07, 6.45) is 2.44. The molecule has 14 heavy (non-hydrogen) atoms. The average molecular weight is 256 g/mol. The Bertz CT molecular complexity index is 321. The summed E-state index contributed by atoms with van der Waals surface area (Å²) < 4.78 is 0.769. The zero-order valence-electron chi connectivity index (χ0n) is 7.96. The van der Waals surface area contributed by atoms with Crippen LogP contribution >= 0.6 is 15.9 Å². The number of nitrogens with one attached hydrogen (secondary N) is 1. The van der Waals surface area contributed by atoms with Crippen LogP contribution in [0.15, 0.2) is 22.7 Å². The summed E-state index contributed by atoms with van der Waals surface area (Å²) in [6, 6.07) is 5.86. The van der Waals surface area contributed by atoms with Crippen LogP contribution in [0.25, 0.3) is 0 Å². The minimum absolute atomic E-state index is 0.341. The molecular formula is C11H14BrNO. The molecule has 0 bridgehead atoms. The standard InChI is InChI=1S/C11H14BrNO/c12-10-4-3-8(6-11(10)14)9-2-1-5-13-7-9/h3-4,6,9,13-14H,1-2,5,7H2. The molecule has 2 rings (SSSR count). The van der Waals surface area contributed by atoms with Crippen molar-refractivity contribution < 1.29 is 5.11 Å². The second kappa shape index (κ2) is 4.32. The second-order valence-electron chi connectivity index (χ2n) is 3.75. The summed E-state index contributed by atoms with van der Waals surface area (Å²) in [5.41, 5.74) is 1.23. The van der Waals surface area contributed by atoms with E-state index in [0.29, 0.717) is 11.7 Å². The highest BCUT2D eigenvalue weighted by Gasteiger charge is 2.15. The molecule has 3 heteroatoms. The maximum atomic E-state index is 9.56. The first-order valence-corrected chi connectivity index (χ1v) is 5.76. The quantitative estimate of drug-likeness (QED) is 0.809. The third kappa shape index (κ3) is 2.10. The minimum Gasteiger partial charge on any atom is -0.507 e. The van der Waals surface area contributed by atoms with Crippen LogP contribution in [0.5, 0.6) is 5.75 Å². The minimum atomic E-state index is 0.341. The highest BCUT2D eigenvalue weighted by Crippen LogP contribution is 2.30. The molecule has 1 saturated heterocycles. The Morgan fingerprint density at radius 3 is 2.93 bits per heavy atom. The Kier molecular flexibility index (Phi) is 3.08. The molecule has 1 heterocycles. The van der Waals surface area contributed by atoms with E-state index in [2.05, 4.69) is 27.3 Å². The number of aromatic hydroxyl groups is 1. The Morgan fingerprint density at radius 1 is 1.43 bits per heavy atom. The van der Waals surface area contributed by atoms with Gasteiger partial charge in [-0.25, -0.2) is 0 Å². The van der Waals surface area contributed by atoms with Crippen molar-refractivity contribution in [3.8, 4) is 5.75 Å².